The second-order valence-corrected chi connectivity index (χ2v) is 7.89. The Kier molecular flexibility index (Phi) is 6.17. The Labute approximate surface area is 174 Å². The van der Waals surface area contributed by atoms with Crippen molar-refractivity contribution in [3.8, 4) is 16.9 Å². The average Bonchev–Trinajstić information content (AvgIpc) is 3.44. The predicted molar refractivity (Wildman–Crippen MR) is 118 cm³/mol. The molecule has 0 aliphatic heterocycles. The van der Waals surface area contributed by atoms with Gasteiger partial charge in [0, 0.05) is 35.2 Å². The molecule has 0 saturated heterocycles. The van der Waals surface area contributed by atoms with Gasteiger partial charge < -0.3 is 5.32 Å². The van der Waals surface area contributed by atoms with Crippen molar-refractivity contribution in [2.45, 2.75) is 25.8 Å². The molecule has 0 radical (unpaired) electrons. The molecule has 0 fully saturated rings. The van der Waals surface area contributed by atoms with Gasteiger partial charge in [-0.05, 0) is 36.4 Å². The minimum Gasteiger partial charge on any atom is -0.352 e. The summed E-state index contributed by atoms with van der Waals surface area (Å²) in [4.78, 5) is 13.7. The highest BCUT2D eigenvalue weighted by atomic mass is 32.1. The second-order valence-electron chi connectivity index (χ2n) is 6.86. The van der Waals surface area contributed by atoms with Gasteiger partial charge in [0.1, 0.15) is 0 Å². The molecule has 5 heteroatoms. The van der Waals surface area contributed by atoms with E-state index in [1.54, 1.807) is 11.3 Å². The maximum Gasteiger partial charge on any atom is 0.220 e. The Morgan fingerprint density at radius 3 is 2.45 bits per heavy atom. The van der Waals surface area contributed by atoms with E-state index in [0.717, 1.165) is 35.3 Å². The van der Waals surface area contributed by atoms with Crippen LogP contribution in [0.2, 0.25) is 0 Å². The van der Waals surface area contributed by atoms with Gasteiger partial charge in [0.15, 0.2) is 0 Å². The third-order valence-electron chi connectivity index (χ3n) is 4.74. The fourth-order valence-corrected chi connectivity index (χ4v) is 4.00. The summed E-state index contributed by atoms with van der Waals surface area (Å²) in [5, 5.41) is 9.93. The van der Waals surface area contributed by atoms with Gasteiger partial charge >= 0.3 is 0 Å². The molecule has 2 aromatic carbocycles. The zero-order valence-electron chi connectivity index (χ0n) is 16.1. The van der Waals surface area contributed by atoms with Crippen molar-refractivity contribution in [3.05, 3.63) is 94.8 Å². The molecule has 4 nitrogen and oxygen atoms in total. The van der Waals surface area contributed by atoms with Crippen molar-refractivity contribution in [1.82, 2.24) is 15.1 Å². The van der Waals surface area contributed by atoms with Gasteiger partial charge in [0.05, 0.1) is 11.4 Å². The van der Waals surface area contributed by atoms with E-state index in [4.69, 9.17) is 5.10 Å². The highest BCUT2D eigenvalue weighted by molar-refractivity contribution is 7.09. The molecule has 0 spiro atoms. The van der Waals surface area contributed by atoms with Crippen molar-refractivity contribution in [1.29, 1.82) is 0 Å². The maximum atomic E-state index is 12.3. The molecule has 29 heavy (non-hydrogen) atoms. The Balaban J connectivity index is 1.45. The van der Waals surface area contributed by atoms with Gasteiger partial charge in [-0.15, -0.1) is 11.3 Å². The normalized spacial score (nSPS) is 10.8. The predicted octanol–water partition coefficient (Wildman–Crippen LogP) is 5.24. The molecule has 0 unspecified atom stereocenters. The summed E-state index contributed by atoms with van der Waals surface area (Å²) in [5.74, 6) is 0.0769. The fraction of sp³-hybridized carbons (Fsp3) is 0.167. The smallest absolute Gasteiger partial charge is 0.220 e. The van der Waals surface area contributed by atoms with Crippen molar-refractivity contribution in [3.63, 3.8) is 0 Å². The van der Waals surface area contributed by atoms with Crippen LogP contribution in [0.5, 0.6) is 0 Å². The lowest BCUT2D eigenvalue weighted by molar-refractivity contribution is -0.121. The van der Waals surface area contributed by atoms with Gasteiger partial charge in [-0.1, -0.05) is 54.6 Å². The number of amides is 1. The number of carbonyl (C=O) groups excluding carboxylic acids is 1. The van der Waals surface area contributed by atoms with Crippen molar-refractivity contribution < 1.29 is 4.79 Å². The first-order chi connectivity index (χ1) is 14.3. The van der Waals surface area contributed by atoms with Gasteiger partial charge in [0.25, 0.3) is 0 Å². The number of rotatable bonds is 8. The number of benzene rings is 2. The Morgan fingerprint density at radius 1 is 0.966 bits per heavy atom. The third-order valence-corrected chi connectivity index (χ3v) is 5.68. The van der Waals surface area contributed by atoms with E-state index in [1.165, 1.54) is 4.88 Å². The zero-order chi connectivity index (χ0) is 19.9. The van der Waals surface area contributed by atoms with Crippen LogP contribution in [0.1, 0.15) is 23.3 Å². The summed E-state index contributed by atoms with van der Waals surface area (Å²) >= 11 is 1.74. The molecule has 2 heterocycles. The molecule has 146 valence electrons. The Hall–Kier alpha value is -3.18. The Morgan fingerprint density at radius 2 is 1.72 bits per heavy atom. The molecule has 2 aromatic heterocycles. The van der Waals surface area contributed by atoms with E-state index in [1.807, 2.05) is 71.5 Å². The molecule has 0 atom stereocenters. The lowest BCUT2D eigenvalue weighted by atomic mass is 10.1. The molecular weight excluding hydrogens is 378 g/mol. The van der Waals surface area contributed by atoms with Crippen LogP contribution < -0.4 is 5.32 Å². The van der Waals surface area contributed by atoms with Crippen LogP contribution in [0.4, 0.5) is 0 Å². The number of hydrogen-bond donors (Lipinski definition) is 1. The summed E-state index contributed by atoms with van der Waals surface area (Å²) in [6.07, 6.45) is 4.35. The van der Waals surface area contributed by atoms with Gasteiger partial charge in [-0.25, -0.2) is 4.68 Å². The lowest BCUT2D eigenvalue weighted by Crippen LogP contribution is -2.22. The number of para-hydroxylation sites is 1. The van der Waals surface area contributed by atoms with E-state index in [-0.39, 0.29) is 5.91 Å². The van der Waals surface area contributed by atoms with Crippen molar-refractivity contribution in [2.75, 3.05) is 0 Å². The molecular formula is C24H23N3OS. The minimum absolute atomic E-state index is 0.0769. The maximum absolute atomic E-state index is 12.3. The number of aromatic nitrogens is 2. The van der Waals surface area contributed by atoms with E-state index in [2.05, 4.69) is 22.8 Å². The minimum atomic E-state index is 0.0769. The monoisotopic (exact) mass is 401 g/mol. The van der Waals surface area contributed by atoms with Crippen LogP contribution in [0.15, 0.2) is 84.4 Å². The molecule has 0 bridgehead atoms. The van der Waals surface area contributed by atoms with Gasteiger partial charge in [-0.3, -0.25) is 4.79 Å². The summed E-state index contributed by atoms with van der Waals surface area (Å²) in [6.45, 7) is 0.467. The third kappa shape index (κ3) is 5.00. The molecule has 1 N–H and O–H groups in total. The van der Waals surface area contributed by atoms with E-state index >= 15 is 0 Å². The Bertz CT molecular complexity index is 1040. The van der Waals surface area contributed by atoms with Crippen LogP contribution in [0.25, 0.3) is 16.9 Å². The molecule has 0 aliphatic carbocycles. The summed E-state index contributed by atoms with van der Waals surface area (Å²) in [6, 6.07) is 24.3. The largest absolute Gasteiger partial charge is 0.352 e. The highest BCUT2D eigenvalue weighted by Gasteiger charge is 2.13. The molecule has 0 saturated carbocycles. The van der Waals surface area contributed by atoms with E-state index < -0.39 is 0 Å². The summed E-state index contributed by atoms with van der Waals surface area (Å²) < 4.78 is 1.88. The van der Waals surface area contributed by atoms with Crippen molar-refractivity contribution >= 4 is 17.2 Å². The van der Waals surface area contributed by atoms with E-state index in [9.17, 15) is 4.79 Å². The number of nitrogens with zero attached hydrogens (tertiary/aromatic N) is 2. The number of nitrogens with one attached hydrogen (secondary N) is 1. The standard InChI is InChI=1S/C24H23N3OS/c28-23(15-7-13-22-14-8-16-29-22)25-17-20-18-27(21-11-5-2-6-12-21)26-24(20)19-9-3-1-4-10-19/h1-6,8-12,14,16,18H,7,13,15,17H2,(H,25,28). The average molecular weight is 402 g/mol. The van der Waals surface area contributed by atoms with Gasteiger partial charge in [-0.2, -0.15) is 5.10 Å². The van der Waals surface area contributed by atoms with Crippen LogP contribution in [0, 0.1) is 0 Å². The molecule has 1 amide bonds. The molecule has 4 aromatic rings. The number of thiophene rings is 1. The SMILES string of the molecule is O=C(CCCc1cccs1)NCc1cn(-c2ccccc2)nc1-c1ccccc1. The quantitative estimate of drug-likeness (QED) is 0.439. The molecule has 4 rings (SSSR count). The first kappa shape index (κ1) is 19.2. The highest BCUT2D eigenvalue weighted by Crippen LogP contribution is 2.23. The van der Waals surface area contributed by atoms with Crippen LogP contribution in [-0.4, -0.2) is 15.7 Å². The van der Waals surface area contributed by atoms with Crippen LogP contribution in [-0.2, 0) is 17.8 Å². The topological polar surface area (TPSA) is 46.9 Å². The first-order valence-corrected chi connectivity index (χ1v) is 10.7. The summed E-state index contributed by atoms with van der Waals surface area (Å²) in [7, 11) is 0. The van der Waals surface area contributed by atoms with Gasteiger partial charge in [0.2, 0.25) is 5.91 Å². The number of aryl methyl sites for hydroxylation is 1. The fourth-order valence-electron chi connectivity index (χ4n) is 3.25. The number of hydrogen-bond acceptors (Lipinski definition) is 3. The summed E-state index contributed by atoms with van der Waals surface area (Å²) in [5.41, 5.74) is 3.95. The van der Waals surface area contributed by atoms with E-state index in [0.29, 0.717) is 13.0 Å². The van der Waals surface area contributed by atoms with Crippen molar-refractivity contribution in [2.24, 2.45) is 0 Å². The second kappa shape index (κ2) is 9.34. The zero-order valence-corrected chi connectivity index (χ0v) is 16.9. The molecule has 0 aliphatic rings. The van der Waals surface area contributed by atoms with Crippen LogP contribution in [0.3, 0.4) is 0 Å². The first-order valence-electron chi connectivity index (χ1n) is 9.78. The number of carbonyl (C=O) groups is 1. The lowest BCUT2D eigenvalue weighted by Gasteiger charge is -2.05. The van der Waals surface area contributed by atoms with Crippen LogP contribution >= 0.6 is 11.3 Å².